The third-order valence-corrected chi connectivity index (χ3v) is 5.94. The lowest BCUT2D eigenvalue weighted by Crippen LogP contribution is -2.58. The van der Waals surface area contributed by atoms with Gasteiger partial charge in [0.15, 0.2) is 0 Å². The molecule has 0 spiro atoms. The van der Waals surface area contributed by atoms with Crippen molar-refractivity contribution in [2.45, 2.75) is 90.4 Å². The quantitative estimate of drug-likeness (QED) is 0.255. The van der Waals surface area contributed by atoms with E-state index in [-0.39, 0.29) is 31.1 Å². The molecule has 0 bridgehead atoms. The topological polar surface area (TPSA) is 179 Å². The number of likely N-dealkylation sites (tertiary alicyclic amines) is 1. The molecular formula is C22H38N4O7. The summed E-state index contributed by atoms with van der Waals surface area (Å²) in [6.07, 6.45) is 1.47. The van der Waals surface area contributed by atoms with Gasteiger partial charge in [-0.15, -0.1) is 0 Å². The second kappa shape index (κ2) is 13.1. The number of aliphatic carboxylic acids is 2. The number of hydrogen-bond donors (Lipinski definition) is 5. The molecule has 0 radical (unpaired) electrons. The van der Waals surface area contributed by atoms with Crippen LogP contribution < -0.4 is 16.4 Å². The van der Waals surface area contributed by atoms with Crippen molar-refractivity contribution < 1.29 is 34.2 Å². The fourth-order valence-corrected chi connectivity index (χ4v) is 3.80. The second-order valence-electron chi connectivity index (χ2n) is 9.13. The molecule has 1 saturated heterocycles. The van der Waals surface area contributed by atoms with Gasteiger partial charge >= 0.3 is 11.9 Å². The van der Waals surface area contributed by atoms with Gasteiger partial charge in [0.25, 0.3) is 0 Å². The van der Waals surface area contributed by atoms with E-state index in [2.05, 4.69) is 10.6 Å². The van der Waals surface area contributed by atoms with E-state index in [1.807, 2.05) is 20.8 Å². The van der Waals surface area contributed by atoms with Gasteiger partial charge in [-0.1, -0.05) is 34.1 Å². The van der Waals surface area contributed by atoms with Gasteiger partial charge in [0.1, 0.15) is 18.1 Å². The predicted octanol–water partition coefficient (Wildman–Crippen LogP) is 0.316. The summed E-state index contributed by atoms with van der Waals surface area (Å²) in [5.41, 5.74) is 5.79. The summed E-state index contributed by atoms with van der Waals surface area (Å²) in [6, 6.07) is -3.88. The first-order chi connectivity index (χ1) is 15.4. The van der Waals surface area contributed by atoms with Crippen LogP contribution in [0.2, 0.25) is 0 Å². The van der Waals surface area contributed by atoms with Crippen molar-refractivity contribution in [3.05, 3.63) is 0 Å². The molecule has 188 valence electrons. The zero-order valence-corrected chi connectivity index (χ0v) is 19.9. The Kier molecular flexibility index (Phi) is 11.3. The summed E-state index contributed by atoms with van der Waals surface area (Å²) < 4.78 is 0. The van der Waals surface area contributed by atoms with Crippen molar-refractivity contribution in [1.82, 2.24) is 15.5 Å². The maximum atomic E-state index is 13.4. The fraction of sp³-hybridized carbons (Fsp3) is 0.773. The molecule has 1 aliphatic heterocycles. The smallest absolute Gasteiger partial charge is 0.326 e. The van der Waals surface area contributed by atoms with Gasteiger partial charge in [-0.2, -0.15) is 0 Å². The number of carbonyl (C=O) groups excluding carboxylic acids is 3. The SMILES string of the molecule is CCC(C)C(NC(=O)C(N)CCC(=O)O)C(=O)N1CCCC1C(=O)NC(CC(C)C)C(=O)O. The lowest BCUT2D eigenvalue weighted by molar-refractivity contribution is -0.145. The first-order valence-corrected chi connectivity index (χ1v) is 11.5. The maximum absolute atomic E-state index is 13.4. The van der Waals surface area contributed by atoms with Crippen LogP contribution in [-0.2, 0) is 24.0 Å². The minimum atomic E-state index is -1.13. The van der Waals surface area contributed by atoms with E-state index in [9.17, 15) is 29.1 Å². The van der Waals surface area contributed by atoms with E-state index >= 15 is 0 Å². The molecule has 11 heteroatoms. The van der Waals surface area contributed by atoms with Gasteiger partial charge < -0.3 is 31.5 Å². The highest BCUT2D eigenvalue weighted by atomic mass is 16.4. The summed E-state index contributed by atoms with van der Waals surface area (Å²) in [6.45, 7) is 7.67. The summed E-state index contributed by atoms with van der Waals surface area (Å²) in [5, 5.41) is 23.4. The molecule has 1 rings (SSSR count). The van der Waals surface area contributed by atoms with Crippen LogP contribution in [0.1, 0.15) is 66.2 Å². The van der Waals surface area contributed by atoms with Crippen LogP contribution in [0.3, 0.4) is 0 Å². The van der Waals surface area contributed by atoms with Gasteiger partial charge in [0.05, 0.1) is 6.04 Å². The maximum Gasteiger partial charge on any atom is 0.326 e. The van der Waals surface area contributed by atoms with Gasteiger partial charge in [-0.25, -0.2) is 4.79 Å². The Morgan fingerprint density at radius 2 is 1.73 bits per heavy atom. The highest BCUT2D eigenvalue weighted by molar-refractivity contribution is 5.94. The van der Waals surface area contributed by atoms with Crippen molar-refractivity contribution in [3.63, 3.8) is 0 Å². The number of nitrogens with two attached hydrogens (primary N) is 1. The minimum absolute atomic E-state index is 0.0584. The average Bonchev–Trinajstić information content (AvgIpc) is 3.23. The van der Waals surface area contributed by atoms with E-state index < -0.39 is 53.8 Å². The molecule has 0 saturated carbocycles. The third kappa shape index (κ3) is 8.64. The fourth-order valence-electron chi connectivity index (χ4n) is 3.80. The molecule has 6 N–H and O–H groups in total. The average molecular weight is 471 g/mol. The van der Waals surface area contributed by atoms with Crippen LogP contribution >= 0.6 is 0 Å². The van der Waals surface area contributed by atoms with Crippen LogP contribution in [0.5, 0.6) is 0 Å². The largest absolute Gasteiger partial charge is 0.481 e. The van der Waals surface area contributed by atoms with Crippen LogP contribution in [0.25, 0.3) is 0 Å². The molecule has 11 nitrogen and oxygen atoms in total. The van der Waals surface area contributed by atoms with Gasteiger partial charge in [0.2, 0.25) is 17.7 Å². The van der Waals surface area contributed by atoms with Gasteiger partial charge in [-0.05, 0) is 37.5 Å². The number of rotatable bonds is 13. The number of hydrogen-bond acceptors (Lipinski definition) is 6. The summed E-state index contributed by atoms with van der Waals surface area (Å²) in [4.78, 5) is 62.4. The number of carboxylic acid groups (broad SMARTS) is 2. The van der Waals surface area contributed by atoms with Crippen LogP contribution in [0.15, 0.2) is 0 Å². The molecule has 1 heterocycles. The molecule has 3 amide bonds. The Morgan fingerprint density at radius 1 is 1.09 bits per heavy atom. The Hall–Kier alpha value is -2.69. The molecule has 0 aromatic rings. The Bertz CT molecular complexity index is 728. The monoisotopic (exact) mass is 470 g/mol. The molecule has 1 fully saturated rings. The van der Waals surface area contributed by atoms with E-state index in [0.717, 1.165) is 0 Å². The predicted molar refractivity (Wildman–Crippen MR) is 120 cm³/mol. The van der Waals surface area contributed by atoms with Crippen LogP contribution in [0, 0.1) is 11.8 Å². The lowest BCUT2D eigenvalue weighted by atomic mass is 9.96. The zero-order chi connectivity index (χ0) is 25.3. The normalized spacial score (nSPS) is 19.5. The molecule has 0 aromatic heterocycles. The number of amides is 3. The number of nitrogens with zero attached hydrogens (tertiary/aromatic N) is 1. The van der Waals surface area contributed by atoms with Crippen molar-refractivity contribution in [2.24, 2.45) is 17.6 Å². The Balaban J connectivity index is 2.95. The third-order valence-electron chi connectivity index (χ3n) is 5.94. The highest BCUT2D eigenvalue weighted by Gasteiger charge is 2.40. The summed E-state index contributed by atoms with van der Waals surface area (Å²) in [7, 11) is 0. The van der Waals surface area contributed by atoms with Crippen LogP contribution in [0.4, 0.5) is 0 Å². The van der Waals surface area contributed by atoms with E-state index in [0.29, 0.717) is 25.8 Å². The molecule has 5 unspecified atom stereocenters. The summed E-state index contributed by atoms with van der Waals surface area (Å²) in [5.74, 6) is -3.99. The van der Waals surface area contributed by atoms with Crippen LogP contribution in [-0.4, -0.2) is 75.5 Å². The molecule has 1 aliphatic rings. The molecule has 0 aliphatic carbocycles. The van der Waals surface area contributed by atoms with Gasteiger partial charge in [0, 0.05) is 13.0 Å². The van der Waals surface area contributed by atoms with Crippen molar-refractivity contribution in [1.29, 1.82) is 0 Å². The number of carboxylic acids is 2. The number of nitrogens with one attached hydrogen (secondary N) is 2. The van der Waals surface area contributed by atoms with Crippen molar-refractivity contribution in [3.8, 4) is 0 Å². The van der Waals surface area contributed by atoms with Crippen molar-refractivity contribution in [2.75, 3.05) is 6.54 Å². The zero-order valence-electron chi connectivity index (χ0n) is 19.9. The minimum Gasteiger partial charge on any atom is -0.481 e. The van der Waals surface area contributed by atoms with Gasteiger partial charge in [-0.3, -0.25) is 19.2 Å². The standard InChI is InChI=1S/C22H38N4O7/c1-5-13(4)18(25-19(29)14(23)8-9-17(27)28)21(31)26-10-6-7-16(26)20(30)24-15(22(32)33)11-12(2)3/h12-16,18H,5-11,23H2,1-4H3,(H,24,30)(H,25,29)(H,27,28)(H,32,33). The second-order valence-corrected chi connectivity index (χ2v) is 9.13. The highest BCUT2D eigenvalue weighted by Crippen LogP contribution is 2.22. The van der Waals surface area contributed by atoms with Crippen molar-refractivity contribution >= 4 is 29.7 Å². The van der Waals surface area contributed by atoms with E-state index in [1.54, 1.807) is 6.92 Å². The molecule has 5 atom stereocenters. The molecule has 33 heavy (non-hydrogen) atoms. The van der Waals surface area contributed by atoms with E-state index in [4.69, 9.17) is 10.8 Å². The molecular weight excluding hydrogens is 432 g/mol. The Morgan fingerprint density at radius 3 is 2.24 bits per heavy atom. The first kappa shape index (κ1) is 28.3. The first-order valence-electron chi connectivity index (χ1n) is 11.5. The molecule has 0 aromatic carbocycles. The summed E-state index contributed by atoms with van der Waals surface area (Å²) >= 11 is 0. The Labute approximate surface area is 194 Å². The lowest BCUT2D eigenvalue weighted by Gasteiger charge is -2.32. The number of carbonyl (C=O) groups is 5. The van der Waals surface area contributed by atoms with E-state index in [1.165, 1.54) is 4.90 Å².